The molecule has 0 heterocycles. The standard InChI is InChI=1S/C18H18N2O5/c1-11(25-18(23)14-5-3-4-6-15(14)24-2)17(22)20-13-9-7-12(8-10-13)16(19)21/h3-11H,1-2H3,(H2,19,21)(H,20,22)/t11-/m1/s1. The van der Waals surface area contributed by atoms with Gasteiger partial charge < -0.3 is 20.5 Å². The number of nitrogens with two attached hydrogens (primary N) is 1. The molecule has 1 atom stereocenters. The number of nitrogens with one attached hydrogen (secondary N) is 1. The van der Waals surface area contributed by atoms with Crippen LogP contribution in [-0.4, -0.2) is 31.0 Å². The maximum absolute atomic E-state index is 12.2. The van der Waals surface area contributed by atoms with Gasteiger partial charge in [-0.05, 0) is 43.3 Å². The van der Waals surface area contributed by atoms with E-state index in [4.69, 9.17) is 15.2 Å². The first kappa shape index (κ1) is 18.0. The molecule has 3 N–H and O–H groups in total. The van der Waals surface area contributed by atoms with Crippen LogP contribution in [0.2, 0.25) is 0 Å². The first-order valence-corrected chi connectivity index (χ1v) is 7.47. The number of methoxy groups -OCH3 is 1. The van der Waals surface area contributed by atoms with Crippen LogP contribution in [0.5, 0.6) is 5.75 Å². The van der Waals surface area contributed by atoms with Crippen molar-refractivity contribution in [3.05, 3.63) is 59.7 Å². The van der Waals surface area contributed by atoms with E-state index in [2.05, 4.69) is 5.32 Å². The maximum Gasteiger partial charge on any atom is 0.342 e. The summed E-state index contributed by atoms with van der Waals surface area (Å²) in [5.74, 6) is -1.36. The Hall–Kier alpha value is -3.35. The number of ether oxygens (including phenoxy) is 2. The van der Waals surface area contributed by atoms with Crippen LogP contribution >= 0.6 is 0 Å². The first-order chi connectivity index (χ1) is 11.9. The van der Waals surface area contributed by atoms with Gasteiger partial charge in [0.25, 0.3) is 5.91 Å². The fourth-order valence-corrected chi connectivity index (χ4v) is 2.05. The summed E-state index contributed by atoms with van der Waals surface area (Å²) < 4.78 is 10.3. The molecule has 0 saturated carbocycles. The number of esters is 1. The third kappa shape index (κ3) is 4.57. The fourth-order valence-electron chi connectivity index (χ4n) is 2.05. The Labute approximate surface area is 144 Å². The van der Waals surface area contributed by atoms with E-state index >= 15 is 0 Å². The topological polar surface area (TPSA) is 108 Å². The minimum absolute atomic E-state index is 0.232. The minimum atomic E-state index is -1.02. The molecule has 0 aliphatic carbocycles. The van der Waals surface area contributed by atoms with Gasteiger partial charge in [0, 0.05) is 11.3 Å². The molecule has 0 aromatic heterocycles. The molecule has 25 heavy (non-hydrogen) atoms. The van der Waals surface area contributed by atoms with Crippen molar-refractivity contribution in [3.63, 3.8) is 0 Å². The highest BCUT2D eigenvalue weighted by Gasteiger charge is 2.21. The molecule has 2 aromatic rings. The van der Waals surface area contributed by atoms with Crippen molar-refractivity contribution >= 4 is 23.5 Å². The SMILES string of the molecule is COc1ccccc1C(=O)O[C@H](C)C(=O)Nc1ccc(C(N)=O)cc1. The molecule has 7 heteroatoms. The second kappa shape index (κ2) is 7.96. The second-order valence-electron chi connectivity index (χ2n) is 5.18. The van der Waals surface area contributed by atoms with Crippen molar-refractivity contribution in [1.82, 2.24) is 0 Å². The van der Waals surface area contributed by atoms with E-state index in [1.165, 1.54) is 38.3 Å². The second-order valence-corrected chi connectivity index (χ2v) is 5.18. The number of para-hydroxylation sites is 1. The largest absolute Gasteiger partial charge is 0.496 e. The molecule has 0 fully saturated rings. The molecular formula is C18H18N2O5. The van der Waals surface area contributed by atoms with Crippen molar-refractivity contribution < 1.29 is 23.9 Å². The van der Waals surface area contributed by atoms with Gasteiger partial charge in [0.05, 0.1) is 7.11 Å². The average Bonchev–Trinajstić information content (AvgIpc) is 2.61. The van der Waals surface area contributed by atoms with Crippen molar-refractivity contribution in [1.29, 1.82) is 0 Å². The molecule has 0 unspecified atom stereocenters. The van der Waals surface area contributed by atoms with Crippen molar-refractivity contribution in [2.45, 2.75) is 13.0 Å². The highest BCUT2D eigenvalue weighted by atomic mass is 16.5. The van der Waals surface area contributed by atoms with Crippen LogP contribution in [0.1, 0.15) is 27.6 Å². The lowest BCUT2D eigenvalue weighted by molar-refractivity contribution is -0.123. The molecule has 130 valence electrons. The van der Waals surface area contributed by atoms with Crippen LogP contribution in [0.3, 0.4) is 0 Å². The lowest BCUT2D eigenvalue weighted by Crippen LogP contribution is -2.30. The molecule has 7 nitrogen and oxygen atoms in total. The number of carbonyl (C=O) groups excluding carboxylic acids is 3. The summed E-state index contributed by atoms with van der Waals surface area (Å²) in [6, 6.07) is 12.6. The van der Waals surface area contributed by atoms with E-state index < -0.39 is 23.9 Å². The summed E-state index contributed by atoms with van der Waals surface area (Å²) in [4.78, 5) is 35.3. The van der Waals surface area contributed by atoms with E-state index in [1.807, 2.05) is 0 Å². The molecule has 2 aromatic carbocycles. The van der Waals surface area contributed by atoms with Crippen molar-refractivity contribution in [3.8, 4) is 5.75 Å². The van der Waals surface area contributed by atoms with Gasteiger partial charge in [0.1, 0.15) is 11.3 Å². The number of hydrogen-bond donors (Lipinski definition) is 2. The summed E-state index contributed by atoms with van der Waals surface area (Å²) in [7, 11) is 1.44. The van der Waals surface area contributed by atoms with Crippen LogP contribution in [-0.2, 0) is 9.53 Å². The van der Waals surface area contributed by atoms with Gasteiger partial charge in [0.2, 0.25) is 5.91 Å². The predicted molar refractivity (Wildman–Crippen MR) is 91.5 cm³/mol. The Kier molecular flexibility index (Phi) is 5.73. The first-order valence-electron chi connectivity index (χ1n) is 7.47. The average molecular weight is 342 g/mol. The quantitative estimate of drug-likeness (QED) is 0.781. The maximum atomic E-state index is 12.2. The van der Waals surface area contributed by atoms with Gasteiger partial charge in [0.15, 0.2) is 6.10 Å². The van der Waals surface area contributed by atoms with Crippen LogP contribution < -0.4 is 15.8 Å². The molecule has 0 radical (unpaired) electrons. The Morgan fingerprint density at radius 2 is 1.68 bits per heavy atom. The molecule has 2 rings (SSSR count). The molecule has 0 spiro atoms. The summed E-state index contributed by atoms with van der Waals surface area (Å²) in [5, 5.41) is 2.59. The monoisotopic (exact) mass is 342 g/mol. The molecule has 2 amide bonds. The summed E-state index contributed by atoms with van der Waals surface area (Å²) in [5.41, 5.74) is 6.17. The lowest BCUT2D eigenvalue weighted by atomic mass is 10.2. The molecule has 0 saturated heterocycles. The van der Waals surface area contributed by atoms with E-state index in [-0.39, 0.29) is 5.56 Å². The van der Waals surface area contributed by atoms with Crippen LogP contribution in [0.25, 0.3) is 0 Å². The third-order valence-electron chi connectivity index (χ3n) is 3.42. The number of carbonyl (C=O) groups is 3. The smallest absolute Gasteiger partial charge is 0.342 e. The van der Waals surface area contributed by atoms with Crippen LogP contribution in [0.4, 0.5) is 5.69 Å². The summed E-state index contributed by atoms with van der Waals surface area (Å²) in [6.45, 7) is 1.46. The Balaban J connectivity index is 2.00. The zero-order valence-corrected chi connectivity index (χ0v) is 13.8. The molecular weight excluding hydrogens is 324 g/mol. The van der Waals surface area contributed by atoms with Gasteiger partial charge in [-0.15, -0.1) is 0 Å². The van der Waals surface area contributed by atoms with Gasteiger partial charge >= 0.3 is 5.97 Å². The van der Waals surface area contributed by atoms with E-state index in [9.17, 15) is 14.4 Å². The number of amides is 2. The molecule has 0 bridgehead atoms. The number of anilines is 1. The number of primary amides is 1. The van der Waals surface area contributed by atoms with Crippen molar-refractivity contribution in [2.75, 3.05) is 12.4 Å². The fraction of sp³-hybridized carbons (Fsp3) is 0.167. The highest BCUT2D eigenvalue weighted by molar-refractivity contribution is 5.99. The van der Waals surface area contributed by atoms with Gasteiger partial charge in [-0.1, -0.05) is 12.1 Å². The minimum Gasteiger partial charge on any atom is -0.496 e. The Morgan fingerprint density at radius 3 is 2.28 bits per heavy atom. The molecule has 0 aliphatic heterocycles. The Bertz CT molecular complexity index is 786. The van der Waals surface area contributed by atoms with Gasteiger partial charge in [-0.25, -0.2) is 4.79 Å². The lowest BCUT2D eigenvalue weighted by Gasteiger charge is -2.14. The van der Waals surface area contributed by atoms with E-state index in [0.717, 1.165) is 0 Å². The number of benzene rings is 2. The summed E-state index contributed by atoms with van der Waals surface area (Å²) in [6.07, 6.45) is -1.02. The van der Waals surface area contributed by atoms with Gasteiger partial charge in [-0.2, -0.15) is 0 Å². The third-order valence-corrected chi connectivity index (χ3v) is 3.42. The molecule has 0 aliphatic rings. The van der Waals surface area contributed by atoms with Crippen molar-refractivity contribution in [2.24, 2.45) is 5.73 Å². The van der Waals surface area contributed by atoms with Crippen LogP contribution in [0, 0.1) is 0 Å². The highest BCUT2D eigenvalue weighted by Crippen LogP contribution is 2.19. The summed E-state index contributed by atoms with van der Waals surface area (Å²) >= 11 is 0. The normalized spacial score (nSPS) is 11.3. The zero-order valence-electron chi connectivity index (χ0n) is 13.8. The number of rotatable bonds is 6. The zero-order chi connectivity index (χ0) is 18.4. The Morgan fingerprint density at radius 1 is 1.04 bits per heavy atom. The van der Waals surface area contributed by atoms with Gasteiger partial charge in [-0.3, -0.25) is 9.59 Å². The van der Waals surface area contributed by atoms with E-state index in [1.54, 1.807) is 24.3 Å². The number of hydrogen-bond acceptors (Lipinski definition) is 5. The van der Waals surface area contributed by atoms with Crippen LogP contribution in [0.15, 0.2) is 48.5 Å². The predicted octanol–water partition coefficient (Wildman–Crippen LogP) is 1.98. The van der Waals surface area contributed by atoms with E-state index in [0.29, 0.717) is 17.0 Å².